The SMILES string of the molecule is COc1ccc(Br)cc1C(C#N)NC(C)C. The molecule has 1 rings (SSSR count). The van der Waals surface area contributed by atoms with Crippen molar-refractivity contribution in [2.45, 2.75) is 25.9 Å². The largest absolute Gasteiger partial charge is 0.496 e. The quantitative estimate of drug-likeness (QED) is 0.923. The van der Waals surface area contributed by atoms with E-state index in [4.69, 9.17) is 10.00 Å². The first-order chi connectivity index (χ1) is 7.58. The van der Waals surface area contributed by atoms with Gasteiger partial charge in [0.2, 0.25) is 0 Å². The fourth-order valence-corrected chi connectivity index (χ4v) is 1.84. The van der Waals surface area contributed by atoms with Crippen molar-refractivity contribution >= 4 is 15.9 Å². The summed E-state index contributed by atoms with van der Waals surface area (Å²) in [5, 5.41) is 12.3. The van der Waals surface area contributed by atoms with Crippen molar-refractivity contribution in [2.75, 3.05) is 7.11 Å². The van der Waals surface area contributed by atoms with E-state index in [1.54, 1.807) is 7.11 Å². The molecule has 0 aliphatic carbocycles. The van der Waals surface area contributed by atoms with Gasteiger partial charge in [-0.15, -0.1) is 0 Å². The molecule has 0 amide bonds. The van der Waals surface area contributed by atoms with Crippen molar-refractivity contribution < 1.29 is 4.74 Å². The molecule has 16 heavy (non-hydrogen) atoms. The Hall–Kier alpha value is -1.05. The Bertz CT molecular complexity index is 398. The molecule has 0 aliphatic heterocycles. The molecule has 0 bridgehead atoms. The molecule has 1 aromatic rings. The fraction of sp³-hybridized carbons (Fsp3) is 0.417. The predicted octanol–water partition coefficient (Wildman–Crippen LogP) is 3.02. The van der Waals surface area contributed by atoms with Gasteiger partial charge in [-0.3, -0.25) is 5.32 Å². The van der Waals surface area contributed by atoms with Gasteiger partial charge in [0.1, 0.15) is 11.8 Å². The molecule has 4 heteroatoms. The molecule has 0 saturated heterocycles. The Morgan fingerprint density at radius 3 is 2.62 bits per heavy atom. The molecular weight excluding hydrogens is 268 g/mol. The number of halogens is 1. The second-order valence-corrected chi connectivity index (χ2v) is 4.69. The Labute approximate surface area is 105 Å². The topological polar surface area (TPSA) is 45.0 Å². The number of hydrogen-bond acceptors (Lipinski definition) is 3. The van der Waals surface area contributed by atoms with Gasteiger partial charge in [0.15, 0.2) is 0 Å². The van der Waals surface area contributed by atoms with Gasteiger partial charge in [0.05, 0.1) is 13.2 Å². The second kappa shape index (κ2) is 5.88. The van der Waals surface area contributed by atoms with E-state index in [0.717, 1.165) is 15.8 Å². The molecule has 0 fully saturated rings. The molecule has 1 atom stereocenters. The molecule has 0 saturated carbocycles. The Morgan fingerprint density at radius 1 is 1.44 bits per heavy atom. The van der Waals surface area contributed by atoms with Crippen LogP contribution in [0.2, 0.25) is 0 Å². The lowest BCUT2D eigenvalue weighted by molar-refractivity contribution is 0.402. The summed E-state index contributed by atoms with van der Waals surface area (Å²) in [5.74, 6) is 0.725. The lowest BCUT2D eigenvalue weighted by atomic mass is 10.1. The van der Waals surface area contributed by atoms with Crippen LogP contribution in [0.15, 0.2) is 22.7 Å². The number of ether oxygens (including phenoxy) is 1. The van der Waals surface area contributed by atoms with Crippen LogP contribution in [-0.4, -0.2) is 13.2 Å². The first kappa shape index (κ1) is 13.0. The standard InChI is InChI=1S/C12H15BrN2O/c1-8(2)15-11(7-14)10-6-9(13)4-5-12(10)16-3/h4-6,8,11,15H,1-3H3. The minimum atomic E-state index is -0.354. The van der Waals surface area contributed by atoms with Crippen molar-refractivity contribution in [1.82, 2.24) is 5.32 Å². The maximum Gasteiger partial charge on any atom is 0.125 e. The van der Waals surface area contributed by atoms with Gasteiger partial charge in [-0.25, -0.2) is 0 Å². The number of rotatable bonds is 4. The molecule has 1 N–H and O–H groups in total. The lowest BCUT2D eigenvalue weighted by Gasteiger charge is -2.17. The van der Waals surface area contributed by atoms with Crippen molar-refractivity contribution in [1.29, 1.82) is 5.26 Å². The number of hydrogen-bond donors (Lipinski definition) is 1. The number of methoxy groups -OCH3 is 1. The summed E-state index contributed by atoms with van der Waals surface area (Å²) in [7, 11) is 1.61. The van der Waals surface area contributed by atoms with Crippen LogP contribution in [0, 0.1) is 11.3 Å². The van der Waals surface area contributed by atoms with Crippen molar-refractivity contribution in [3.05, 3.63) is 28.2 Å². The van der Waals surface area contributed by atoms with Crippen LogP contribution in [0.4, 0.5) is 0 Å². The summed E-state index contributed by atoms with van der Waals surface area (Å²) in [6.45, 7) is 4.02. The van der Waals surface area contributed by atoms with Gasteiger partial charge in [-0.05, 0) is 32.0 Å². The minimum Gasteiger partial charge on any atom is -0.496 e. The highest BCUT2D eigenvalue weighted by Gasteiger charge is 2.16. The van der Waals surface area contributed by atoms with Crippen LogP contribution < -0.4 is 10.1 Å². The predicted molar refractivity (Wildman–Crippen MR) is 67.3 cm³/mol. The Morgan fingerprint density at radius 2 is 2.12 bits per heavy atom. The van der Waals surface area contributed by atoms with Crippen molar-refractivity contribution in [3.8, 4) is 11.8 Å². The van der Waals surface area contributed by atoms with E-state index in [9.17, 15) is 0 Å². The van der Waals surface area contributed by atoms with E-state index >= 15 is 0 Å². The summed E-state index contributed by atoms with van der Waals surface area (Å²) >= 11 is 3.40. The van der Waals surface area contributed by atoms with Crippen molar-refractivity contribution in [3.63, 3.8) is 0 Å². The molecule has 0 aliphatic rings. The third-order valence-electron chi connectivity index (χ3n) is 2.13. The third-order valence-corrected chi connectivity index (χ3v) is 2.63. The molecule has 0 heterocycles. The zero-order chi connectivity index (χ0) is 12.1. The van der Waals surface area contributed by atoms with Crippen LogP contribution in [0.1, 0.15) is 25.5 Å². The number of nitriles is 1. The number of benzene rings is 1. The average molecular weight is 283 g/mol. The van der Waals surface area contributed by atoms with Crippen LogP contribution >= 0.6 is 15.9 Å². The van der Waals surface area contributed by atoms with Gasteiger partial charge in [0.25, 0.3) is 0 Å². The molecular formula is C12H15BrN2O. The average Bonchev–Trinajstić information content (AvgIpc) is 2.25. The highest BCUT2D eigenvalue weighted by atomic mass is 79.9. The molecule has 0 spiro atoms. The summed E-state index contributed by atoms with van der Waals surface area (Å²) in [6.07, 6.45) is 0. The second-order valence-electron chi connectivity index (χ2n) is 3.77. The highest BCUT2D eigenvalue weighted by molar-refractivity contribution is 9.10. The zero-order valence-corrected chi connectivity index (χ0v) is 11.2. The Balaban J connectivity index is 3.08. The third kappa shape index (κ3) is 3.22. The van der Waals surface area contributed by atoms with Gasteiger partial charge in [-0.2, -0.15) is 5.26 Å². The van der Waals surface area contributed by atoms with Crippen LogP contribution in [0.3, 0.4) is 0 Å². The molecule has 3 nitrogen and oxygen atoms in total. The van der Waals surface area contributed by atoms with E-state index in [0.29, 0.717) is 0 Å². The minimum absolute atomic E-state index is 0.244. The molecule has 1 unspecified atom stereocenters. The first-order valence-electron chi connectivity index (χ1n) is 5.07. The van der Waals surface area contributed by atoms with Crippen molar-refractivity contribution in [2.24, 2.45) is 0 Å². The van der Waals surface area contributed by atoms with E-state index in [1.165, 1.54) is 0 Å². The Kier molecular flexibility index (Phi) is 4.78. The molecule has 0 aromatic heterocycles. The maximum atomic E-state index is 9.16. The van der Waals surface area contributed by atoms with Gasteiger partial charge in [0, 0.05) is 16.1 Å². The normalized spacial score (nSPS) is 12.2. The summed E-state index contributed by atoms with van der Waals surface area (Å²) in [5.41, 5.74) is 0.855. The molecule has 86 valence electrons. The highest BCUT2D eigenvalue weighted by Crippen LogP contribution is 2.28. The van der Waals surface area contributed by atoms with Crippen LogP contribution in [0.25, 0.3) is 0 Å². The monoisotopic (exact) mass is 282 g/mol. The zero-order valence-electron chi connectivity index (χ0n) is 9.62. The van der Waals surface area contributed by atoms with Crippen LogP contribution in [-0.2, 0) is 0 Å². The van der Waals surface area contributed by atoms with Crippen LogP contribution in [0.5, 0.6) is 5.75 Å². The van der Waals surface area contributed by atoms with E-state index in [-0.39, 0.29) is 12.1 Å². The molecule has 0 radical (unpaired) electrons. The fourth-order valence-electron chi connectivity index (χ4n) is 1.46. The summed E-state index contributed by atoms with van der Waals surface area (Å²) in [6, 6.07) is 7.78. The number of nitrogens with one attached hydrogen (secondary N) is 1. The van der Waals surface area contributed by atoms with E-state index in [1.807, 2.05) is 32.0 Å². The summed E-state index contributed by atoms with van der Waals surface area (Å²) in [4.78, 5) is 0. The maximum absolute atomic E-state index is 9.16. The van der Waals surface area contributed by atoms with Gasteiger partial charge < -0.3 is 4.74 Å². The van der Waals surface area contributed by atoms with E-state index in [2.05, 4.69) is 27.3 Å². The summed E-state index contributed by atoms with van der Waals surface area (Å²) < 4.78 is 6.19. The van der Waals surface area contributed by atoms with Gasteiger partial charge in [-0.1, -0.05) is 15.9 Å². The smallest absolute Gasteiger partial charge is 0.125 e. The molecule has 1 aromatic carbocycles. The lowest BCUT2D eigenvalue weighted by Crippen LogP contribution is -2.27. The first-order valence-corrected chi connectivity index (χ1v) is 5.87. The number of nitrogens with zero attached hydrogens (tertiary/aromatic N) is 1. The van der Waals surface area contributed by atoms with Gasteiger partial charge >= 0.3 is 0 Å². The van der Waals surface area contributed by atoms with E-state index < -0.39 is 0 Å².